The Morgan fingerprint density at radius 3 is 2.79 bits per heavy atom. The molecule has 29 heavy (non-hydrogen) atoms. The Hall–Kier alpha value is -2.48. The quantitative estimate of drug-likeness (QED) is 0.786. The van der Waals surface area contributed by atoms with Crippen LogP contribution >= 0.6 is 0 Å². The minimum atomic E-state index is -0.480. The lowest BCUT2D eigenvalue weighted by molar-refractivity contribution is -0.148. The van der Waals surface area contributed by atoms with Crippen molar-refractivity contribution < 1.29 is 14.3 Å². The second-order valence-corrected chi connectivity index (χ2v) is 8.46. The summed E-state index contributed by atoms with van der Waals surface area (Å²) >= 11 is 0. The van der Waals surface area contributed by atoms with E-state index in [-0.39, 0.29) is 23.9 Å². The third-order valence-corrected chi connectivity index (χ3v) is 7.16. The van der Waals surface area contributed by atoms with Gasteiger partial charge in [0.1, 0.15) is 5.52 Å². The van der Waals surface area contributed by atoms with Crippen LogP contribution in [0.15, 0.2) is 18.6 Å². The number of fused-ring (bicyclic) bond motifs is 3. The number of amides is 2. The van der Waals surface area contributed by atoms with E-state index in [2.05, 4.69) is 16.9 Å². The normalized spacial score (nSPS) is 29.0. The summed E-state index contributed by atoms with van der Waals surface area (Å²) in [5.41, 5.74) is 1.44. The van der Waals surface area contributed by atoms with Gasteiger partial charge in [-0.1, -0.05) is 6.92 Å². The highest BCUT2D eigenvalue weighted by Gasteiger charge is 2.61. The number of nitrogens with zero attached hydrogens (tertiary/aromatic N) is 5. The standard InChI is InChI=1S/C21H27N5O3/c1-3-21(20(28)25-8-10-29-11-9-25)12-14-4-5-16(21)26(14)19(27)15-6-7-22-18-17(15)23-13-24(18)2/h6-7,13-14,16H,3-5,8-12H2,1-2H3/t14-,16+,21+/m1/s1. The van der Waals surface area contributed by atoms with Crippen molar-refractivity contribution in [3.63, 3.8) is 0 Å². The lowest BCUT2D eigenvalue weighted by Crippen LogP contribution is -2.53. The molecule has 5 rings (SSSR count). The summed E-state index contributed by atoms with van der Waals surface area (Å²) in [6, 6.07) is 1.82. The van der Waals surface area contributed by atoms with Crippen LogP contribution in [0.5, 0.6) is 0 Å². The van der Waals surface area contributed by atoms with E-state index < -0.39 is 5.41 Å². The van der Waals surface area contributed by atoms with Crippen molar-refractivity contribution >= 4 is 23.0 Å². The molecule has 3 aliphatic rings. The van der Waals surface area contributed by atoms with Gasteiger partial charge in [0.25, 0.3) is 5.91 Å². The zero-order valence-corrected chi connectivity index (χ0v) is 17.0. The lowest BCUT2D eigenvalue weighted by atomic mass is 9.70. The maximum atomic E-state index is 13.6. The first kappa shape index (κ1) is 18.5. The number of hydrogen-bond acceptors (Lipinski definition) is 5. The molecule has 3 saturated heterocycles. The lowest BCUT2D eigenvalue weighted by Gasteiger charge is -2.40. The predicted octanol–water partition coefficient (Wildman–Crippen LogP) is 1.60. The summed E-state index contributed by atoms with van der Waals surface area (Å²) in [7, 11) is 1.87. The average Bonchev–Trinajstić information content (AvgIpc) is 3.45. The molecule has 2 aromatic heterocycles. The number of carbonyl (C=O) groups excluding carboxylic acids is 2. The van der Waals surface area contributed by atoms with E-state index in [1.807, 2.05) is 21.4 Å². The number of ether oxygens (including phenoxy) is 1. The Labute approximate surface area is 169 Å². The molecule has 3 fully saturated rings. The SMILES string of the molecule is CC[C@]1(C(=O)N2CCOCC2)C[C@H]2CC[C@@H]1N2C(=O)c1ccnc2c1ncn2C. The first-order chi connectivity index (χ1) is 14.1. The number of morpholine rings is 1. The van der Waals surface area contributed by atoms with Crippen molar-refractivity contribution in [3.05, 3.63) is 24.2 Å². The summed E-state index contributed by atoms with van der Waals surface area (Å²) in [5.74, 6) is 0.180. The predicted molar refractivity (Wildman–Crippen MR) is 106 cm³/mol. The highest BCUT2D eigenvalue weighted by atomic mass is 16.5. The third-order valence-electron chi connectivity index (χ3n) is 7.16. The molecule has 0 saturated carbocycles. The van der Waals surface area contributed by atoms with E-state index in [1.165, 1.54) is 0 Å². The molecule has 0 radical (unpaired) electrons. The van der Waals surface area contributed by atoms with E-state index in [4.69, 9.17) is 4.74 Å². The van der Waals surface area contributed by atoms with Crippen LogP contribution in [0.4, 0.5) is 0 Å². The van der Waals surface area contributed by atoms with Gasteiger partial charge in [-0.15, -0.1) is 0 Å². The number of aryl methyl sites for hydroxylation is 1. The summed E-state index contributed by atoms with van der Waals surface area (Å²) in [4.78, 5) is 39.9. The molecule has 3 aliphatic heterocycles. The molecule has 0 N–H and O–H groups in total. The molecule has 3 atom stereocenters. The van der Waals surface area contributed by atoms with Crippen molar-refractivity contribution in [2.45, 2.75) is 44.7 Å². The second-order valence-electron chi connectivity index (χ2n) is 8.46. The van der Waals surface area contributed by atoms with Crippen molar-refractivity contribution in [3.8, 4) is 0 Å². The van der Waals surface area contributed by atoms with Crippen molar-refractivity contribution in [2.24, 2.45) is 12.5 Å². The van der Waals surface area contributed by atoms with Gasteiger partial charge in [0.05, 0.1) is 30.5 Å². The molecule has 0 spiro atoms. The number of rotatable bonds is 3. The van der Waals surface area contributed by atoms with Crippen LogP contribution in [0.3, 0.4) is 0 Å². The fourth-order valence-corrected chi connectivity index (χ4v) is 5.67. The number of hydrogen-bond donors (Lipinski definition) is 0. The number of aromatic nitrogens is 3. The largest absolute Gasteiger partial charge is 0.378 e. The van der Waals surface area contributed by atoms with Crippen LogP contribution in [0.25, 0.3) is 11.2 Å². The average molecular weight is 397 g/mol. The molecule has 8 nitrogen and oxygen atoms in total. The maximum absolute atomic E-state index is 13.6. The van der Waals surface area contributed by atoms with Gasteiger partial charge in [-0.2, -0.15) is 0 Å². The van der Waals surface area contributed by atoms with Gasteiger partial charge in [-0.05, 0) is 31.7 Å². The van der Waals surface area contributed by atoms with Gasteiger partial charge in [0.2, 0.25) is 5.91 Å². The van der Waals surface area contributed by atoms with Crippen LogP contribution in [-0.4, -0.2) is 74.5 Å². The van der Waals surface area contributed by atoms with Crippen LogP contribution in [0.2, 0.25) is 0 Å². The molecule has 8 heteroatoms. The molecule has 0 aliphatic carbocycles. The van der Waals surface area contributed by atoms with E-state index in [0.717, 1.165) is 25.7 Å². The zero-order chi connectivity index (χ0) is 20.2. The Kier molecular flexibility index (Phi) is 4.34. The molecule has 2 bridgehead atoms. The molecule has 0 aromatic carbocycles. The molecule has 2 amide bonds. The summed E-state index contributed by atoms with van der Waals surface area (Å²) in [5, 5.41) is 0. The first-order valence-electron chi connectivity index (χ1n) is 10.5. The maximum Gasteiger partial charge on any atom is 0.256 e. The van der Waals surface area contributed by atoms with Gasteiger partial charge in [-0.3, -0.25) is 9.59 Å². The number of imidazole rings is 1. The van der Waals surface area contributed by atoms with Crippen LogP contribution < -0.4 is 0 Å². The van der Waals surface area contributed by atoms with Gasteiger partial charge in [0, 0.05) is 38.4 Å². The monoisotopic (exact) mass is 397 g/mol. The zero-order valence-electron chi connectivity index (χ0n) is 17.0. The highest BCUT2D eigenvalue weighted by Crippen LogP contribution is 2.53. The summed E-state index contributed by atoms with van der Waals surface area (Å²) in [6.45, 7) is 4.56. The molecular weight excluding hydrogens is 370 g/mol. The molecule has 2 aromatic rings. The van der Waals surface area contributed by atoms with Gasteiger partial charge < -0.3 is 19.1 Å². The van der Waals surface area contributed by atoms with Gasteiger partial charge in [0.15, 0.2) is 5.65 Å². The summed E-state index contributed by atoms with van der Waals surface area (Å²) < 4.78 is 7.25. The molecule has 0 unspecified atom stereocenters. The van der Waals surface area contributed by atoms with Crippen LogP contribution in [-0.2, 0) is 16.6 Å². The smallest absolute Gasteiger partial charge is 0.256 e. The fraction of sp³-hybridized carbons (Fsp3) is 0.619. The third kappa shape index (κ3) is 2.61. The van der Waals surface area contributed by atoms with E-state index >= 15 is 0 Å². The number of carbonyl (C=O) groups is 2. The van der Waals surface area contributed by atoms with Crippen molar-refractivity contribution in [1.29, 1.82) is 0 Å². The number of pyridine rings is 1. The Balaban J connectivity index is 1.49. The molecular formula is C21H27N5O3. The fourth-order valence-electron chi connectivity index (χ4n) is 5.67. The van der Waals surface area contributed by atoms with E-state index in [1.54, 1.807) is 18.6 Å². The van der Waals surface area contributed by atoms with Crippen LogP contribution in [0.1, 0.15) is 43.0 Å². The first-order valence-corrected chi connectivity index (χ1v) is 10.5. The minimum absolute atomic E-state index is 0.0197. The summed E-state index contributed by atoms with van der Waals surface area (Å²) in [6.07, 6.45) is 6.71. The van der Waals surface area contributed by atoms with Crippen LogP contribution in [0, 0.1) is 5.41 Å². The highest BCUT2D eigenvalue weighted by molar-refractivity contribution is 6.05. The second kappa shape index (κ2) is 6.79. The Morgan fingerprint density at radius 1 is 1.24 bits per heavy atom. The Bertz CT molecular complexity index is 966. The Morgan fingerprint density at radius 2 is 2.03 bits per heavy atom. The topological polar surface area (TPSA) is 80.6 Å². The molecule has 5 heterocycles. The molecule has 154 valence electrons. The van der Waals surface area contributed by atoms with E-state index in [9.17, 15) is 9.59 Å². The minimum Gasteiger partial charge on any atom is -0.378 e. The van der Waals surface area contributed by atoms with Crippen molar-refractivity contribution in [1.82, 2.24) is 24.3 Å². The van der Waals surface area contributed by atoms with Crippen molar-refractivity contribution in [2.75, 3.05) is 26.3 Å². The van der Waals surface area contributed by atoms with Gasteiger partial charge in [-0.25, -0.2) is 9.97 Å². The van der Waals surface area contributed by atoms with Gasteiger partial charge >= 0.3 is 0 Å². The van der Waals surface area contributed by atoms with E-state index in [0.29, 0.717) is 43.0 Å².